The molecule has 1 amide bonds. The summed E-state index contributed by atoms with van der Waals surface area (Å²) in [6, 6.07) is 7.95. The molecular formula is C22H25N3O3. The fraction of sp³-hybridized carbons (Fsp3) is 0.318. The van der Waals surface area contributed by atoms with Gasteiger partial charge in [-0.1, -0.05) is 49.4 Å². The van der Waals surface area contributed by atoms with Crippen molar-refractivity contribution in [1.29, 1.82) is 0 Å². The molecule has 0 saturated heterocycles. The maximum atomic E-state index is 12.4. The number of nitrogens with one attached hydrogen (secondary N) is 2. The van der Waals surface area contributed by atoms with Crippen molar-refractivity contribution in [3.63, 3.8) is 0 Å². The molecule has 1 aromatic heterocycles. The molecule has 3 N–H and O–H groups in total. The molecule has 0 unspecified atom stereocenters. The highest BCUT2D eigenvalue weighted by molar-refractivity contribution is 5.93. The normalized spacial score (nSPS) is 15.5. The van der Waals surface area contributed by atoms with Crippen molar-refractivity contribution in [3.05, 3.63) is 71.6 Å². The highest BCUT2D eigenvalue weighted by atomic mass is 16.4. The zero-order valence-electron chi connectivity index (χ0n) is 15.9. The average molecular weight is 379 g/mol. The van der Waals surface area contributed by atoms with Gasteiger partial charge in [0.15, 0.2) is 0 Å². The number of carboxylic acids is 1. The molecule has 146 valence electrons. The Hall–Kier alpha value is -3.15. The Morgan fingerprint density at radius 1 is 1.25 bits per heavy atom. The van der Waals surface area contributed by atoms with Gasteiger partial charge in [-0.3, -0.25) is 14.7 Å². The van der Waals surface area contributed by atoms with Gasteiger partial charge in [0.05, 0.1) is 17.7 Å². The van der Waals surface area contributed by atoms with Crippen molar-refractivity contribution in [2.75, 3.05) is 0 Å². The minimum absolute atomic E-state index is 0.259. The number of aromatic amines is 1. The molecule has 1 aromatic carbocycles. The van der Waals surface area contributed by atoms with E-state index in [1.54, 1.807) is 6.92 Å². The highest BCUT2D eigenvalue weighted by Gasteiger charge is 2.21. The fourth-order valence-corrected chi connectivity index (χ4v) is 3.31. The number of H-pyrrole nitrogens is 1. The van der Waals surface area contributed by atoms with Crippen molar-refractivity contribution in [2.45, 2.75) is 38.6 Å². The highest BCUT2D eigenvalue weighted by Crippen LogP contribution is 2.22. The number of amides is 1. The van der Waals surface area contributed by atoms with Crippen molar-refractivity contribution >= 4 is 17.4 Å². The summed E-state index contributed by atoms with van der Waals surface area (Å²) in [5.41, 5.74) is 3.87. The largest absolute Gasteiger partial charge is 0.481 e. The molecule has 1 aliphatic carbocycles. The molecule has 2 atom stereocenters. The summed E-state index contributed by atoms with van der Waals surface area (Å²) in [7, 11) is 0. The van der Waals surface area contributed by atoms with E-state index in [1.807, 2.05) is 12.1 Å². The van der Waals surface area contributed by atoms with E-state index in [2.05, 4.69) is 45.9 Å². The van der Waals surface area contributed by atoms with Crippen LogP contribution in [0.5, 0.6) is 0 Å². The number of carbonyl (C=O) groups is 2. The molecule has 3 rings (SSSR count). The van der Waals surface area contributed by atoms with Gasteiger partial charge in [-0.2, -0.15) is 5.10 Å². The molecule has 0 bridgehead atoms. The number of hydrogen-bond donors (Lipinski definition) is 3. The maximum absolute atomic E-state index is 12.4. The SMILES string of the molecule is C[C@H](C[C@@H](Cc1ccc(C2=CCCC=C2)cc1)NC(=O)c1cn[nH]c1)C(=O)O. The topological polar surface area (TPSA) is 95.1 Å². The average Bonchev–Trinajstić information content (AvgIpc) is 3.24. The second-order valence-electron chi connectivity index (χ2n) is 7.17. The van der Waals surface area contributed by atoms with Gasteiger partial charge in [-0.15, -0.1) is 0 Å². The number of aromatic nitrogens is 2. The number of carboxylic acid groups (broad SMARTS) is 1. The molecule has 6 nitrogen and oxygen atoms in total. The van der Waals surface area contributed by atoms with Crippen LogP contribution in [0.25, 0.3) is 5.57 Å². The Labute approximate surface area is 164 Å². The van der Waals surface area contributed by atoms with E-state index in [0.717, 1.165) is 24.0 Å². The van der Waals surface area contributed by atoms with E-state index in [1.165, 1.54) is 18.0 Å². The molecule has 28 heavy (non-hydrogen) atoms. The van der Waals surface area contributed by atoms with Gasteiger partial charge in [0.25, 0.3) is 5.91 Å². The van der Waals surface area contributed by atoms with Crippen LogP contribution in [0.1, 0.15) is 47.7 Å². The minimum Gasteiger partial charge on any atom is -0.481 e. The van der Waals surface area contributed by atoms with Crippen molar-refractivity contribution in [2.24, 2.45) is 5.92 Å². The van der Waals surface area contributed by atoms with Crippen LogP contribution >= 0.6 is 0 Å². The second kappa shape index (κ2) is 9.17. The molecule has 0 saturated carbocycles. The second-order valence-corrected chi connectivity index (χ2v) is 7.17. The maximum Gasteiger partial charge on any atom is 0.306 e. The van der Waals surface area contributed by atoms with Gasteiger partial charge in [0, 0.05) is 12.2 Å². The number of aliphatic carboxylic acids is 1. The monoisotopic (exact) mass is 379 g/mol. The molecule has 0 radical (unpaired) electrons. The Balaban J connectivity index is 1.70. The van der Waals surface area contributed by atoms with Gasteiger partial charge in [0.2, 0.25) is 0 Å². The van der Waals surface area contributed by atoms with Crippen LogP contribution in [0.3, 0.4) is 0 Å². The molecular weight excluding hydrogens is 354 g/mol. The molecule has 0 spiro atoms. The molecule has 6 heteroatoms. The van der Waals surface area contributed by atoms with Crippen molar-refractivity contribution in [3.8, 4) is 0 Å². The van der Waals surface area contributed by atoms with Crippen LogP contribution in [-0.2, 0) is 11.2 Å². The van der Waals surface area contributed by atoms with Crippen LogP contribution < -0.4 is 5.32 Å². The number of allylic oxidation sites excluding steroid dienone is 4. The van der Waals surface area contributed by atoms with Gasteiger partial charge in [0.1, 0.15) is 0 Å². The first-order valence-electron chi connectivity index (χ1n) is 9.51. The summed E-state index contributed by atoms with van der Waals surface area (Å²) in [4.78, 5) is 23.7. The number of hydrogen-bond acceptors (Lipinski definition) is 3. The van der Waals surface area contributed by atoms with E-state index in [4.69, 9.17) is 0 Å². The van der Waals surface area contributed by atoms with E-state index in [0.29, 0.717) is 18.4 Å². The summed E-state index contributed by atoms with van der Waals surface area (Å²) in [6.07, 6.45) is 12.6. The smallest absolute Gasteiger partial charge is 0.306 e. The predicted molar refractivity (Wildman–Crippen MR) is 108 cm³/mol. The summed E-state index contributed by atoms with van der Waals surface area (Å²) in [5.74, 6) is -1.68. The third-order valence-electron chi connectivity index (χ3n) is 4.92. The summed E-state index contributed by atoms with van der Waals surface area (Å²) in [5, 5.41) is 18.6. The number of carbonyl (C=O) groups excluding carboxylic acids is 1. The van der Waals surface area contributed by atoms with Crippen molar-refractivity contribution in [1.82, 2.24) is 15.5 Å². The fourth-order valence-electron chi connectivity index (χ4n) is 3.31. The molecule has 2 aromatic rings. The van der Waals surface area contributed by atoms with E-state index in [9.17, 15) is 14.7 Å². The minimum atomic E-state index is -0.867. The quantitative estimate of drug-likeness (QED) is 0.653. The number of benzene rings is 1. The van der Waals surface area contributed by atoms with E-state index in [-0.39, 0.29) is 11.9 Å². The molecule has 1 heterocycles. The van der Waals surface area contributed by atoms with Gasteiger partial charge >= 0.3 is 5.97 Å². The summed E-state index contributed by atoms with van der Waals surface area (Å²) >= 11 is 0. The molecule has 0 aliphatic heterocycles. The lowest BCUT2D eigenvalue weighted by Gasteiger charge is -2.21. The van der Waals surface area contributed by atoms with Crippen LogP contribution in [0.4, 0.5) is 0 Å². The third kappa shape index (κ3) is 5.19. The number of nitrogens with zero attached hydrogens (tertiary/aromatic N) is 1. The lowest BCUT2D eigenvalue weighted by molar-refractivity contribution is -0.141. The van der Waals surface area contributed by atoms with Gasteiger partial charge in [-0.05, 0) is 42.4 Å². The zero-order chi connectivity index (χ0) is 19.9. The van der Waals surface area contributed by atoms with Crippen LogP contribution in [0.2, 0.25) is 0 Å². The van der Waals surface area contributed by atoms with Gasteiger partial charge in [-0.25, -0.2) is 0 Å². The predicted octanol–water partition coefficient (Wildman–Crippen LogP) is 3.60. The summed E-state index contributed by atoms with van der Waals surface area (Å²) in [6.45, 7) is 1.66. The lowest BCUT2D eigenvalue weighted by atomic mass is 9.94. The van der Waals surface area contributed by atoms with Crippen molar-refractivity contribution < 1.29 is 14.7 Å². The lowest BCUT2D eigenvalue weighted by Crippen LogP contribution is -2.38. The first-order valence-corrected chi connectivity index (χ1v) is 9.51. The Bertz CT molecular complexity index is 867. The third-order valence-corrected chi connectivity index (χ3v) is 4.92. The van der Waals surface area contributed by atoms with E-state index >= 15 is 0 Å². The number of rotatable bonds is 8. The van der Waals surface area contributed by atoms with E-state index < -0.39 is 11.9 Å². The Morgan fingerprint density at radius 3 is 2.64 bits per heavy atom. The standard InChI is InChI=1S/C22H25N3O3/c1-15(22(27)28)11-20(25-21(26)19-13-23-24-14-19)12-16-7-9-18(10-8-16)17-5-3-2-4-6-17/h3,5-10,13-15,20H,2,4,11-12H2,1H3,(H,23,24)(H,25,26)(H,27,28)/t15-,20+/m1/s1. The molecule has 1 aliphatic rings. The van der Waals surface area contributed by atoms with Crippen LogP contribution in [0.15, 0.2) is 54.9 Å². The van der Waals surface area contributed by atoms with Crippen LogP contribution in [0, 0.1) is 5.92 Å². The first-order chi connectivity index (χ1) is 13.5. The summed E-state index contributed by atoms with van der Waals surface area (Å²) < 4.78 is 0. The van der Waals surface area contributed by atoms with Crippen LogP contribution in [-0.4, -0.2) is 33.2 Å². The Morgan fingerprint density at radius 2 is 2.04 bits per heavy atom. The Kier molecular flexibility index (Phi) is 6.42. The molecule has 0 fully saturated rings. The van der Waals surface area contributed by atoms with Gasteiger partial charge < -0.3 is 10.4 Å². The first kappa shape index (κ1) is 19.6. The zero-order valence-corrected chi connectivity index (χ0v) is 15.9.